The van der Waals surface area contributed by atoms with Crippen molar-refractivity contribution in [2.45, 2.75) is 29.3 Å². The Morgan fingerprint density at radius 1 is 0.971 bits per heavy atom. The van der Waals surface area contributed by atoms with Gasteiger partial charge in [-0.1, -0.05) is 18.2 Å². The van der Waals surface area contributed by atoms with Crippen LogP contribution in [0.1, 0.15) is 18.9 Å². The van der Waals surface area contributed by atoms with Gasteiger partial charge >= 0.3 is 11.2 Å². The van der Waals surface area contributed by atoms with Gasteiger partial charge in [0.1, 0.15) is 11.0 Å². The van der Waals surface area contributed by atoms with Crippen molar-refractivity contribution in [2.75, 3.05) is 5.32 Å². The lowest BCUT2D eigenvalue weighted by molar-refractivity contribution is -0.0328. The fourth-order valence-electron chi connectivity index (χ4n) is 4.02. The first-order valence-corrected chi connectivity index (χ1v) is 11.6. The summed E-state index contributed by atoms with van der Waals surface area (Å²) in [4.78, 5) is 39.9. The Morgan fingerprint density at radius 2 is 1.63 bits per heavy atom. The number of anilines is 2. The second-order valence-electron chi connectivity index (χ2n) is 8.21. The highest BCUT2D eigenvalue weighted by Gasteiger charge is 2.31. The number of hydrogen-bond donors (Lipinski definition) is 1. The van der Waals surface area contributed by atoms with Crippen LogP contribution in [0.2, 0.25) is 0 Å². The van der Waals surface area contributed by atoms with Gasteiger partial charge in [-0.25, -0.2) is 9.36 Å². The van der Waals surface area contributed by atoms with Crippen molar-refractivity contribution < 1.29 is 13.2 Å². The summed E-state index contributed by atoms with van der Waals surface area (Å²) in [6.45, 7) is 0. The summed E-state index contributed by atoms with van der Waals surface area (Å²) in [7, 11) is 1.48. The van der Waals surface area contributed by atoms with Crippen molar-refractivity contribution in [3.05, 3.63) is 91.9 Å². The monoisotopic (exact) mass is 500 g/mol. The van der Waals surface area contributed by atoms with Crippen LogP contribution < -0.4 is 22.1 Å². The normalized spacial score (nSPS) is 13.8. The maximum Gasteiger partial charge on any atom is 0.446 e. The minimum absolute atomic E-state index is 0.00545. The minimum atomic E-state index is -4.41. The molecule has 0 atom stereocenters. The van der Waals surface area contributed by atoms with Crippen molar-refractivity contribution in [3.63, 3.8) is 0 Å². The molecule has 11 heteroatoms. The van der Waals surface area contributed by atoms with E-state index in [1.54, 1.807) is 30.3 Å². The molecule has 0 saturated heterocycles. The number of alkyl halides is 3. The van der Waals surface area contributed by atoms with E-state index in [1.165, 1.54) is 51.1 Å². The molecule has 7 nitrogen and oxygen atoms in total. The van der Waals surface area contributed by atoms with E-state index in [9.17, 15) is 27.6 Å². The third-order valence-corrected chi connectivity index (χ3v) is 6.48. The van der Waals surface area contributed by atoms with E-state index in [-0.39, 0.29) is 39.4 Å². The second kappa shape index (κ2) is 8.49. The topological polar surface area (TPSA) is 78.0 Å². The Kier molecular flexibility index (Phi) is 5.59. The van der Waals surface area contributed by atoms with E-state index in [4.69, 9.17) is 0 Å². The van der Waals surface area contributed by atoms with Crippen molar-refractivity contribution in [3.8, 4) is 5.69 Å². The molecule has 1 fully saturated rings. The summed E-state index contributed by atoms with van der Waals surface area (Å²) >= 11 is -0.234. The molecule has 0 amide bonds. The average Bonchev–Trinajstić information content (AvgIpc) is 3.63. The summed E-state index contributed by atoms with van der Waals surface area (Å²) in [6.07, 6.45) is 1.39. The van der Waals surface area contributed by atoms with Crippen LogP contribution in [0.15, 0.2) is 79.9 Å². The van der Waals surface area contributed by atoms with E-state index in [0.29, 0.717) is 24.2 Å². The molecule has 0 bridgehead atoms. The molecule has 1 aliphatic rings. The Bertz CT molecular complexity index is 1600. The highest BCUT2D eigenvalue weighted by Crippen LogP contribution is 2.37. The number of rotatable bonds is 5. The third kappa shape index (κ3) is 4.39. The van der Waals surface area contributed by atoms with Gasteiger partial charge < -0.3 is 5.32 Å². The van der Waals surface area contributed by atoms with Gasteiger partial charge in [0.15, 0.2) is 0 Å². The smallest absolute Gasteiger partial charge is 0.355 e. The van der Waals surface area contributed by atoms with Crippen LogP contribution in [0.25, 0.3) is 16.7 Å². The molecule has 0 spiro atoms. The summed E-state index contributed by atoms with van der Waals surface area (Å²) in [5, 5.41) is 3.13. The number of nitrogens with zero attached hydrogens (tertiary/aromatic N) is 3. The van der Waals surface area contributed by atoms with Crippen molar-refractivity contribution in [1.29, 1.82) is 0 Å². The Balaban J connectivity index is 1.74. The number of fused-ring (bicyclic) bond motifs is 1. The van der Waals surface area contributed by atoms with Crippen LogP contribution >= 0.6 is 11.8 Å². The maximum atomic E-state index is 13.6. The minimum Gasteiger partial charge on any atom is -0.355 e. The lowest BCUT2D eigenvalue weighted by atomic mass is 10.2. The molecular formula is C24H19F3N4O3S. The number of halogens is 3. The summed E-state index contributed by atoms with van der Waals surface area (Å²) < 4.78 is 41.8. The molecule has 2 aromatic heterocycles. The Hall–Kier alpha value is -3.73. The standard InChI is InChI=1S/C24H19F3N4O3S/c1-29-19(32)13-18(28-14-7-11-17(12-8-14)35-24(25,26)27)20-21(29)30(15-5-3-2-4-6-15)23(34)31(22(20)33)16-9-10-16/h2-8,11-13,16,28H,9-10H2,1H3. The van der Waals surface area contributed by atoms with Gasteiger partial charge in [-0.05, 0) is 61.0 Å². The van der Waals surface area contributed by atoms with Crippen LogP contribution in [0, 0.1) is 0 Å². The van der Waals surface area contributed by atoms with Crippen LogP contribution in [-0.2, 0) is 7.05 Å². The first-order chi connectivity index (χ1) is 16.6. The molecule has 4 aromatic rings. The molecule has 5 rings (SSSR count). The number of aryl methyl sites for hydroxylation is 1. The molecular weight excluding hydrogens is 481 g/mol. The number of nitrogens with one attached hydrogen (secondary N) is 1. The van der Waals surface area contributed by atoms with Crippen molar-refractivity contribution >= 4 is 34.2 Å². The van der Waals surface area contributed by atoms with Gasteiger partial charge in [0.05, 0.1) is 11.4 Å². The maximum absolute atomic E-state index is 13.6. The third-order valence-electron chi connectivity index (χ3n) is 5.74. The Morgan fingerprint density at radius 3 is 2.23 bits per heavy atom. The van der Waals surface area contributed by atoms with Crippen LogP contribution in [0.4, 0.5) is 24.5 Å². The molecule has 0 aliphatic heterocycles. The first kappa shape index (κ1) is 23.0. The highest BCUT2D eigenvalue weighted by atomic mass is 32.2. The largest absolute Gasteiger partial charge is 0.446 e. The van der Waals surface area contributed by atoms with Gasteiger partial charge in [0.2, 0.25) is 0 Å². The zero-order valence-electron chi connectivity index (χ0n) is 18.4. The van der Waals surface area contributed by atoms with E-state index in [1.807, 2.05) is 0 Å². The predicted molar refractivity (Wildman–Crippen MR) is 129 cm³/mol. The number of pyridine rings is 1. The predicted octanol–water partition coefficient (Wildman–Crippen LogP) is 4.54. The quantitative estimate of drug-likeness (QED) is 0.407. The second-order valence-corrected chi connectivity index (χ2v) is 9.35. The van der Waals surface area contributed by atoms with Crippen LogP contribution in [0.5, 0.6) is 0 Å². The number of hydrogen-bond acceptors (Lipinski definition) is 5. The van der Waals surface area contributed by atoms with E-state index >= 15 is 0 Å². The number of para-hydroxylation sites is 1. The van der Waals surface area contributed by atoms with Gasteiger partial charge in [0, 0.05) is 29.7 Å². The van der Waals surface area contributed by atoms with Gasteiger partial charge in [-0.3, -0.25) is 18.7 Å². The molecule has 180 valence electrons. The van der Waals surface area contributed by atoms with Crippen LogP contribution in [0.3, 0.4) is 0 Å². The zero-order valence-corrected chi connectivity index (χ0v) is 19.2. The molecule has 1 aliphatic carbocycles. The van der Waals surface area contributed by atoms with E-state index in [2.05, 4.69) is 5.32 Å². The van der Waals surface area contributed by atoms with E-state index in [0.717, 1.165) is 0 Å². The number of aromatic nitrogens is 3. The molecule has 2 aromatic carbocycles. The van der Waals surface area contributed by atoms with Crippen LogP contribution in [-0.4, -0.2) is 19.2 Å². The van der Waals surface area contributed by atoms with Gasteiger partial charge in [0.25, 0.3) is 11.1 Å². The summed E-state index contributed by atoms with van der Waals surface area (Å²) in [5.74, 6) is 0. The lowest BCUT2D eigenvalue weighted by Gasteiger charge is -2.18. The first-order valence-electron chi connectivity index (χ1n) is 10.7. The van der Waals surface area contributed by atoms with E-state index < -0.39 is 22.3 Å². The van der Waals surface area contributed by atoms with Gasteiger partial charge in [-0.2, -0.15) is 13.2 Å². The molecule has 0 unspecified atom stereocenters. The molecule has 0 radical (unpaired) electrons. The number of thioether (sulfide) groups is 1. The summed E-state index contributed by atoms with van der Waals surface area (Å²) in [6, 6.07) is 15.2. The lowest BCUT2D eigenvalue weighted by Crippen LogP contribution is -2.41. The molecule has 1 saturated carbocycles. The molecule has 35 heavy (non-hydrogen) atoms. The summed E-state index contributed by atoms with van der Waals surface area (Å²) in [5.41, 5.74) is -4.74. The highest BCUT2D eigenvalue weighted by molar-refractivity contribution is 8.00. The van der Waals surface area contributed by atoms with Gasteiger partial charge in [-0.15, -0.1) is 0 Å². The van der Waals surface area contributed by atoms with Crippen molar-refractivity contribution in [1.82, 2.24) is 13.7 Å². The zero-order chi connectivity index (χ0) is 24.9. The fourth-order valence-corrected chi connectivity index (χ4v) is 4.56. The number of benzene rings is 2. The van der Waals surface area contributed by atoms with Crippen molar-refractivity contribution in [2.24, 2.45) is 7.05 Å². The Labute approximate surface area is 200 Å². The fraction of sp³-hybridized carbons (Fsp3) is 0.208. The SMILES string of the molecule is Cn1c(=O)cc(Nc2ccc(SC(F)(F)F)cc2)c2c(=O)n(C3CC3)c(=O)n(-c3ccccc3)c21. The average molecular weight is 501 g/mol. The molecule has 1 N–H and O–H groups in total. The molecule has 2 heterocycles.